The van der Waals surface area contributed by atoms with Crippen molar-refractivity contribution in [2.75, 3.05) is 39.3 Å². The first-order valence-corrected chi connectivity index (χ1v) is 38.4. The number of carboxylic acid groups (broad SMARTS) is 1. The van der Waals surface area contributed by atoms with Crippen molar-refractivity contribution < 1.29 is 92.0 Å². The summed E-state index contributed by atoms with van der Waals surface area (Å²) in [6.07, 6.45) is 1.39. The molecule has 0 aliphatic carbocycles. The van der Waals surface area contributed by atoms with Crippen molar-refractivity contribution in [2.24, 2.45) is 52.9 Å². The molecule has 15 amide bonds. The van der Waals surface area contributed by atoms with Crippen LogP contribution in [0.5, 0.6) is 0 Å². The van der Waals surface area contributed by atoms with Crippen molar-refractivity contribution in [3.8, 4) is 0 Å². The van der Waals surface area contributed by atoms with Crippen LogP contribution in [0.1, 0.15) is 194 Å². The largest absolute Gasteiger partial charge is 0.480 e. The molecule has 4 aliphatic heterocycles. The van der Waals surface area contributed by atoms with Crippen LogP contribution < -0.4 is 64.6 Å². The normalized spacial score (nSPS) is 20.9. The van der Waals surface area contributed by atoms with Crippen LogP contribution >= 0.6 is 0 Å². The van der Waals surface area contributed by atoms with Gasteiger partial charge in [-0.05, 0) is 119 Å². The summed E-state index contributed by atoms with van der Waals surface area (Å²) in [6.45, 7) is 24.2. The number of amides is 15. The van der Waals surface area contributed by atoms with E-state index >= 15 is 0 Å². The number of nitrogens with one attached hydrogen (secondary N) is 10. The Morgan fingerprint density at radius 3 is 1.19 bits per heavy atom. The van der Waals surface area contributed by atoms with Crippen LogP contribution in [0, 0.1) is 41.4 Å². The van der Waals surface area contributed by atoms with E-state index < -0.39 is 222 Å². The first-order valence-electron chi connectivity index (χ1n) is 38.4. The van der Waals surface area contributed by atoms with Gasteiger partial charge in [0.2, 0.25) is 88.6 Å². The highest BCUT2D eigenvalue weighted by molar-refractivity contribution is 6.01. The molecular formula is C73H124N16O19. The highest BCUT2D eigenvalue weighted by Crippen LogP contribution is 2.26. The van der Waals surface area contributed by atoms with Crippen LogP contribution in [0.4, 0.5) is 0 Å². The Bertz CT molecular complexity index is 3190. The molecule has 4 heterocycles. The number of rotatable bonds is 41. The summed E-state index contributed by atoms with van der Waals surface area (Å²) in [7, 11) is 0. The summed E-state index contributed by atoms with van der Waals surface area (Å²) in [4.78, 5) is 225. The number of primary amides is 1. The number of aliphatic hydroxyl groups is 2. The second-order valence-corrected chi connectivity index (χ2v) is 31.3. The van der Waals surface area contributed by atoms with E-state index in [1.807, 2.05) is 27.7 Å². The highest BCUT2D eigenvalue weighted by atomic mass is 16.4. The predicted octanol–water partition coefficient (Wildman–Crippen LogP) is -2.37. The second-order valence-electron chi connectivity index (χ2n) is 31.3. The maximum atomic E-state index is 14.5. The molecule has 0 aromatic heterocycles. The molecule has 4 fully saturated rings. The number of aliphatic carboxylic acids is 1. The number of nitrogens with two attached hydrogens (primary N) is 2. The fourth-order valence-electron chi connectivity index (χ4n) is 13.9. The lowest BCUT2D eigenvalue weighted by molar-refractivity contribution is -0.145. The number of hydrogen-bond acceptors (Lipinski definition) is 19. The molecule has 4 saturated heterocycles. The van der Waals surface area contributed by atoms with Gasteiger partial charge in [0, 0.05) is 32.6 Å². The average molecular weight is 1530 g/mol. The van der Waals surface area contributed by atoms with Crippen LogP contribution in [0.15, 0.2) is 0 Å². The Balaban J connectivity index is 1.41. The van der Waals surface area contributed by atoms with E-state index in [0.29, 0.717) is 38.5 Å². The van der Waals surface area contributed by atoms with Gasteiger partial charge in [-0.25, -0.2) is 4.79 Å². The summed E-state index contributed by atoms with van der Waals surface area (Å²) in [6, 6.07) is -17.6. The van der Waals surface area contributed by atoms with Crippen molar-refractivity contribution >= 4 is 94.6 Å². The second kappa shape index (κ2) is 43.0. The summed E-state index contributed by atoms with van der Waals surface area (Å²) >= 11 is 0. The fourth-order valence-corrected chi connectivity index (χ4v) is 13.9. The molecule has 17 atom stereocenters. The van der Waals surface area contributed by atoms with Gasteiger partial charge < -0.3 is 99.6 Å². The molecule has 0 radical (unpaired) electrons. The zero-order chi connectivity index (χ0) is 81.5. The number of hydrogen-bond donors (Lipinski definition) is 15. The molecule has 0 aromatic rings. The number of likely N-dealkylation sites (tertiary alicyclic amines) is 4. The summed E-state index contributed by atoms with van der Waals surface area (Å²) in [5.74, 6) is -15.3. The lowest BCUT2D eigenvalue weighted by Gasteiger charge is -2.33. The third kappa shape index (κ3) is 25.8. The summed E-state index contributed by atoms with van der Waals surface area (Å²) < 4.78 is 0. The van der Waals surface area contributed by atoms with Gasteiger partial charge in [0.1, 0.15) is 78.5 Å². The molecule has 0 aromatic carbocycles. The third-order valence-corrected chi connectivity index (χ3v) is 20.7. The monoisotopic (exact) mass is 1530 g/mol. The van der Waals surface area contributed by atoms with Gasteiger partial charge in [-0.15, -0.1) is 0 Å². The van der Waals surface area contributed by atoms with Crippen molar-refractivity contribution in [1.29, 1.82) is 0 Å². The fraction of sp³-hybridized carbons (Fsp3) is 0.781. The van der Waals surface area contributed by atoms with E-state index in [4.69, 9.17) is 11.5 Å². The van der Waals surface area contributed by atoms with Gasteiger partial charge in [-0.1, -0.05) is 110 Å². The molecule has 35 nitrogen and oxygen atoms in total. The lowest BCUT2D eigenvalue weighted by atomic mass is 9.96. The third-order valence-electron chi connectivity index (χ3n) is 20.7. The topological polar surface area (TPSA) is 519 Å². The Hall–Kier alpha value is -8.60. The van der Waals surface area contributed by atoms with E-state index in [-0.39, 0.29) is 95.3 Å². The first-order chi connectivity index (χ1) is 50.6. The van der Waals surface area contributed by atoms with Gasteiger partial charge in [0.05, 0.1) is 25.3 Å². The summed E-state index contributed by atoms with van der Waals surface area (Å²) in [5, 5.41) is 57.7. The molecule has 17 N–H and O–H groups in total. The number of carbonyl (C=O) groups is 16. The molecule has 0 spiro atoms. The van der Waals surface area contributed by atoms with Crippen molar-refractivity contribution in [3.63, 3.8) is 0 Å². The van der Waals surface area contributed by atoms with Gasteiger partial charge in [-0.2, -0.15) is 0 Å². The van der Waals surface area contributed by atoms with E-state index in [1.165, 1.54) is 26.5 Å². The van der Waals surface area contributed by atoms with Crippen LogP contribution in [-0.4, -0.2) is 260 Å². The predicted molar refractivity (Wildman–Crippen MR) is 394 cm³/mol. The number of aliphatic hydroxyl groups excluding tert-OH is 2. The van der Waals surface area contributed by atoms with Crippen LogP contribution in [0.2, 0.25) is 0 Å². The first kappa shape index (κ1) is 91.8. The van der Waals surface area contributed by atoms with E-state index in [2.05, 4.69) is 53.2 Å². The molecule has 108 heavy (non-hydrogen) atoms. The number of nitrogens with zero attached hydrogens (tertiary/aromatic N) is 4. The number of carboxylic acids is 1. The standard InChI is InChI=1S/C73H124N16O19/c1-16-41(13)54(75)64(98)77-44(26-27-52(74)92)70(104)88-30-20-24-50(88)61(95)80-47(35-90)72(106)89-31-21-25-51(89)63(97)81-55(38(7)8)65(99)82-56(39(9)10)66(100)83-57(40(11)12)67(101)85-59(43(15)91)69(103)78-45(32-36(3)4)71(105)87-29-19-22-48(87)60(94)76-34-53(93)86-28-18-23-49(86)62(96)84-58(42(14)17-2)68(102)79-46(73(107)108)33-37(5)6/h36-51,54-59,90-91H,16-35,75H2,1-15H3,(H2,74,92)(H,76,94)(H,77,98)(H,78,103)(H,79,102)(H,80,95)(H,81,97)(H,82,99)(H,83,100)(H,84,96)(H,85,101)(H,107,108)/t41-,42-,43+,44-,45-,46-,47-,48-,49-,50-,51-,54-,55-,56-,57-,58-,59-/m0/s1. The minimum atomic E-state index is -1.71. The van der Waals surface area contributed by atoms with Gasteiger partial charge in [-0.3, -0.25) is 71.9 Å². The molecule has 4 rings (SSSR count). The lowest BCUT2D eigenvalue weighted by Crippen LogP contribution is -2.63. The molecule has 0 bridgehead atoms. The zero-order valence-corrected chi connectivity index (χ0v) is 65.7. The van der Waals surface area contributed by atoms with Crippen LogP contribution in [0.25, 0.3) is 0 Å². The average Bonchev–Trinajstić information content (AvgIpc) is 1.69. The minimum absolute atomic E-state index is 0.0203. The molecule has 610 valence electrons. The van der Waals surface area contributed by atoms with Gasteiger partial charge in [0.15, 0.2) is 0 Å². The Morgan fingerprint density at radius 1 is 0.417 bits per heavy atom. The van der Waals surface area contributed by atoms with Crippen molar-refractivity contribution in [3.05, 3.63) is 0 Å². The molecule has 0 saturated carbocycles. The van der Waals surface area contributed by atoms with Crippen molar-refractivity contribution in [1.82, 2.24) is 72.8 Å². The summed E-state index contributed by atoms with van der Waals surface area (Å²) in [5.41, 5.74) is 11.5. The van der Waals surface area contributed by atoms with E-state index in [1.54, 1.807) is 69.2 Å². The van der Waals surface area contributed by atoms with E-state index in [9.17, 15) is 92.0 Å². The Kier molecular flexibility index (Phi) is 36.5. The van der Waals surface area contributed by atoms with Crippen LogP contribution in [-0.2, 0) is 76.7 Å². The van der Waals surface area contributed by atoms with Gasteiger partial charge in [0.25, 0.3) is 0 Å². The van der Waals surface area contributed by atoms with Crippen molar-refractivity contribution in [2.45, 2.75) is 284 Å². The quantitative estimate of drug-likeness (QED) is 0.0304. The minimum Gasteiger partial charge on any atom is -0.480 e. The maximum Gasteiger partial charge on any atom is 0.326 e. The van der Waals surface area contributed by atoms with E-state index in [0.717, 1.165) is 0 Å². The Morgan fingerprint density at radius 2 is 0.769 bits per heavy atom. The molecule has 0 unspecified atom stereocenters. The number of carbonyl (C=O) groups excluding carboxylic acids is 15. The van der Waals surface area contributed by atoms with Gasteiger partial charge >= 0.3 is 5.97 Å². The highest BCUT2D eigenvalue weighted by Gasteiger charge is 2.46. The molecular weight excluding hydrogens is 1400 g/mol. The zero-order valence-electron chi connectivity index (χ0n) is 65.7. The molecule has 35 heteroatoms. The van der Waals surface area contributed by atoms with Crippen LogP contribution in [0.3, 0.4) is 0 Å². The molecule has 4 aliphatic rings. The maximum absolute atomic E-state index is 14.5. The Labute approximate surface area is 633 Å². The smallest absolute Gasteiger partial charge is 0.326 e. The SMILES string of the molecule is CC[C@H](C)[C@H](N)C(=O)N[C@@H](CCC(N)=O)C(=O)N1CCC[C@H]1C(=O)N[C@@H](CO)C(=O)N1CCC[C@H]1C(=O)N[C@H](C(=O)N[C@H](C(=O)N[C@H](C(=O)N[C@H](C(=O)N[C@@H](CC(C)C)C(=O)N1CCC[C@H]1C(=O)NCC(=O)N1CCC[C@H]1C(=O)N[C@H](C(=O)N[C@@H](CC(C)C)C(=O)O)[C@@H](C)CC)[C@@H](C)O)C(C)C)C(C)C)C(C)C.